The highest BCUT2D eigenvalue weighted by Crippen LogP contribution is 2.25. The molecule has 0 aromatic heterocycles. The maximum absolute atomic E-state index is 6.08. The SMILES string of the molecule is C=C(CCCCCCCCCCCCCCCCC)C(C)(C)OCCC(C)C. The maximum atomic E-state index is 6.08. The predicted octanol–water partition coefficient (Wildman–Crippen LogP) is 9.65. The van der Waals surface area contributed by atoms with E-state index in [2.05, 4.69) is 41.2 Å². The van der Waals surface area contributed by atoms with E-state index in [1.807, 2.05) is 0 Å². The van der Waals surface area contributed by atoms with Crippen molar-refractivity contribution in [3.63, 3.8) is 0 Å². The first-order chi connectivity index (χ1) is 13.4. The lowest BCUT2D eigenvalue weighted by atomic mass is 9.93. The van der Waals surface area contributed by atoms with Gasteiger partial charge in [0, 0.05) is 6.61 Å². The summed E-state index contributed by atoms with van der Waals surface area (Å²) in [4.78, 5) is 0. The van der Waals surface area contributed by atoms with Crippen molar-refractivity contribution in [2.45, 2.75) is 149 Å². The smallest absolute Gasteiger partial charge is 0.0832 e. The molecule has 0 N–H and O–H groups in total. The molecule has 0 saturated heterocycles. The zero-order valence-electron chi connectivity index (χ0n) is 20.4. The summed E-state index contributed by atoms with van der Waals surface area (Å²) in [5, 5.41) is 0. The van der Waals surface area contributed by atoms with Gasteiger partial charge in [-0.3, -0.25) is 0 Å². The Bertz CT molecular complexity index is 342. The second-order valence-corrected chi connectivity index (χ2v) is 9.84. The molecule has 0 aromatic carbocycles. The number of unbranched alkanes of at least 4 members (excludes halogenated alkanes) is 14. The maximum Gasteiger partial charge on any atom is 0.0832 e. The van der Waals surface area contributed by atoms with E-state index < -0.39 is 0 Å². The molecule has 1 heteroatoms. The van der Waals surface area contributed by atoms with Gasteiger partial charge in [0.25, 0.3) is 0 Å². The van der Waals surface area contributed by atoms with Crippen LogP contribution in [0.3, 0.4) is 0 Å². The Morgan fingerprint density at radius 1 is 0.714 bits per heavy atom. The van der Waals surface area contributed by atoms with Crippen molar-refractivity contribution >= 4 is 0 Å². The topological polar surface area (TPSA) is 9.23 Å². The first-order valence-corrected chi connectivity index (χ1v) is 12.7. The van der Waals surface area contributed by atoms with Crippen molar-refractivity contribution < 1.29 is 4.74 Å². The van der Waals surface area contributed by atoms with Crippen LogP contribution in [0.1, 0.15) is 144 Å². The van der Waals surface area contributed by atoms with Gasteiger partial charge in [-0.05, 0) is 44.6 Å². The number of hydrogen-bond acceptors (Lipinski definition) is 1. The summed E-state index contributed by atoms with van der Waals surface area (Å²) < 4.78 is 6.08. The van der Waals surface area contributed by atoms with Crippen LogP contribution in [-0.2, 0) is 4.74 Å². The van der Waals surface area contributed by atoms with Crippen LogP contribution < -0.4 is 0 Å². The third kappa shape index (κ3) is 17.8. The van der Waals surface area contributed by atoms with Crippen LogP contribution in [0.15, 0.2) is 12.2 Å². The molecule has 0 rings (SSSR count). The van der Waals surface area contributed by atoms with Crippen LogP contribution in [0, 0.1) is 5.92 Å². The van der Waals surface area contributed by atoms with Crippen LogP contribution in [0.25, 0.3) is 0 Å². The highest BCUT2D eigenvalue weighted by Gasteiger charge is 2.21. The van der Waals surface area contributed by atoms with Crippen LogP contribution in [0.5, 0.6) is 0 Å². The molecule has 0 spiro atoms. The molecule has 0 heterocycles. The lowest BCUT2D eigenvalue weighted by Crippen LogP contribution is -2.27. The number of hydrogen-bond donors (Lipinski definition) is 0. The third-order valence-electron chi connectivity index (χ3n) is 6.09. The Morgan fingerprint density at radius 2 is 1.11 bits per heavy atom. The van der Waals surface area contributed by atoms with Gasteiger partial charge in [-0.25, -0.2) is 0 Å². The van der Waals surface area contributed by atoms with Crippen molar-refractivity contribution in [3.8, 4) is 0 Å². The molecule has 0 bridgehead atoms. The van der Waals surface area contributed by atoms with Gasteiger partial charge in [0.15, 0.2) is 0 Å². The van der Waals surface area contributed by atoms with Gasteiger partial charge in [0.1, 0.15) is 0 Å². The first-order valence-electron chi connectivity index (χ1n) is 12.7. The van der Waals surface area contributed by atoms with Crippen LogP contribution in [0.4, 0.5) is 0 Å². The molecule has 0 radical (unpaired) electrons. The summed E-state index contributed by atoms with van der Waals surface area (Å²) in [5.41, 5.74) is 1.11. The van der Waals surface area contributed by atoms with Crippen molar-refractivity contribution in [2.75, 3.05) is 6.61 Å². The summed E-state index contributed by atoms with van der Waals surface area (Å²) in [5.74, 6) is 0.708. The molecular formula is C27H54O. The lowest BCUT2D eigenvalue weighted by Gasteiger charge is -2.28. The van der Waals surface area contributed by atoms with Crippen LogP contribution >= 0.6 is 0 Å². The Balaban J connectivity index is 3.39. The first kappa shape index (κ1) is 27.7. The minimum Gasteiger partial charge on any atom is -0.371 e. The van der Waals surface area contributed by atoms with E-state index in [1.54, 1.807) is 0 Å². The molecule has 0 aromatic rings. The standard InChI is InChI=1S/C27H54O/c1-7-8-9-10-11-12-13-14-15-16-17-18-19-20-21-22-26(4)27(5,6)28-24-23-25(2)3/h25H,4,7-24H2,1-3,5-6H3. The summed E-state index contributed by atoms with van der Waals surface area (Å²) in [6.07, 6.45) is 23.5. The highest BCUT2D eigenvalue weighted by atomic mass is 16.5. The van der Waals surface area contributed by atoms with Crippen LogP contribution in [-0.4, -0.2) is 12.2 Å². The Kier molecular flexibility index (Phi) is 18.5. The lowest BCUT2D eigenvalue weighted by molar-refractivity contribution is 0.00325. The van der Waals surface area contributed by atoms with Gasteiger partial charge < -0.3 is 4.74 Å². The zero-order chi connectivity index (χ0) is 21.1. The molecule has 0 saturated carbocycles. The Morgan fingerprint density at radius 3 is 1.50 bits per heavy atom. The molecule has 0 aliphatic rings. The molecule has 0 aliphatic heterocycles. The van der Waals surface area contributed by atoms with E-state index in [0.717, 1.165) is 19.4 Å². The Hall–Kier alpha value is -0.300. The van der Waals surface area contributed by atoms with Gasteiger partial charge in [-0.2, -0.15) is 0 Å². The van der Waals surface area contributed by atoms with Crippen molar-refractivity contribution in [3.05, 3.63) is 12.2 Å². The fourth-order valence-corrected chi connectivity index (χ4v) is 3.66. The fourth-order valence-electron chi connectivity index (χ4n) is 3.66. The van der Waals surface area contributed by atoms with E-state index in [0.29, 0.717) is 5.92 Å². The quantitative estimate of drug-likeness (QED) is 0.139. The monoisotopic (exact) mass is 394 g/mol. The molecule has 1 nitrogen and oxygen atoms in total. The fraction of sp³-hybridized carbons (Fsp3) is 0.926. The third-order valence-corrected chi connectivity index (χ3v) is 6.09. The summed E-state index contributed by atoms with van der Waals surface area (Å²) >= 11 is 0. The average molecular weight is 395 g/mol. The summed E-state index contributed by atoms with van der Waals surface area (Å²) in [7, 11) is 0. The van der Waals surface area contributed by atoms with Gasteiger partial charge in [0.2, 0.25) is 0 Å². The molecule has 168 valence electrons. The van der Waals surface area contributed by atoms with Crippen LogP contribution in [0.2, 0.25) is 0 Å². The minimum atomic E-state index is -0.162. The molecule has 0 amide bonds. The van der Waals surface area contributed by atoms with E-state index >= 15 is 0 Å². The van der Waals surface area contributed by atoms with Gasteiger partial charge in [-0.15, -0.1) is 0 Å². The second kappa shape index (κ2) is 18.7. The van der Waals surface area contributed by atoms with E-state index in [1.165, 1.54) is 102 Å². The predicted molar refractivity (Wildman–Crippen MR) is 128 cm³/mol. The number of rotatable bonds is 21. The number of ether oxygens (including phenoxy) is 1. The summed E-state index contributed by atoms with van der Waals surface area (Å²) in [6.45, 7) is 16.3. The molecule has 0 atom stereocenters. The minimum absolute atomic E-state index is 0.162. The molecule has 0 fully saturated rings. The normalized spacial score (nSPS) is 12.1. The van der Waals surface area contributed by atoms with E-state index in [4.69, 9.17) is 4.74 Å². The Labute approximate surface area is 179 Å². The largest absolute Gasteiger partial charge is 0.371 e. The second-order valence-electron chi connectivity index (χ2n) is 9.84. The highest BCUT2D eigenvalue weighted by molar-refractivity contribution is 5.09. The van der Waals surface area contributed by atoms with E-state index in [-0.39, 0.29) is 5.60 Å². The van der Waals surface area contributed by atoms with Gasteiger partial charge in [0.05, 0.1) is 5.60 Å². The summed E-state index contributed by atoms with van der Waals surface area (Å²) in [6, 6.07) is 0. The molecule has 0 unspecified atom stereocenters. The van der Waals surface area contributed by atoms with Gasteiger partial charge >= 0.3 is 0 Å². The average Bonchev–Trinajstić information content (AvgIpc) is 2.64. The molecule has 0 aliphatic carbocycles. The zero-order valence-corrected chi connectivity index (χ0v) is 20.4. The van der Waals surface area contributed by atoms with Gasteiger partial charge in [-0.1, -0.05) is 117 Å². The van der Waals surface area contributed by atoms with Crippen molar-refractivity contribution in [1.29, 1.82) is 0 Å². The van der Waals surface area contributed by atoms with Crippen molar-refractivity contribution in [2.24, 2.45) is 5.92 Å². The molecular weight excluding hydrogens is 340 g/mol. The van der Waals surface area contributed by atoms with Crippen molar-refractivity contribution in [1.82, 2.24) is 0 Å². The molecule has 28 heavy (non-hydrogen) atoms. The van der Waals surface area contributed by atoms with E-state index in [9.17, 15) is 0 Å².